The van der Waals surface area contributed by atoms with Gasteiger partial charge in [0.25, 0.3) is 12.5 Å². The molecular formula is C19H26N4O6. The average Bonchev–Trinajstić information content (AvgIpc) is 3.12. The van der Waals surface area contributed by atoms with Crippen molar-refractivity contribution in [1.29, 1.82) is 0 Å². The fraction of sp³-hybridized carbons (Fsp3) is 0.526. The molecule has 1 saturated heterocycles. The zero-order valence-electron chi connectivity index (χ0n) is 16.6. The highest BCUT2D eigenvalue weighted by atomic mass is 16.5. The number of aromatic nitrogens is 2. The number of aryl methyl sites for hydroxylation is 1. The maximum Gasteiger partial charge on any atom is 0.307 e. The maximum atomic E-state index is 12.2. The lowest BCUT2D eigenvalue weighted by molar-refractivity contribution is -0.143. The number of pyridine rings is 1. The molecule has 1 amide bonds. The van der Waals surface area contributed by atoms with Crippen LogP contribution in [0.15, 0.2) is 16.5 Å². The van der Waals surface area contributed by atoms with Gasteiger partial charge in [-0.1, -0.05) is 0 Å². The number of nitrogens with zero attached hydrogens (tertiary/aromatic N) is 3. The predicted molar refractivity (Wildman–Crippen MR) is 104 cm³/mol. The van der Waals surface area contributed by atoms with Gasteiger partial charge in [0, 0.05) is 31.2 Å². The van der Waals surface area contributed by atoms with Crippen LogP contribution in [0.1, 0.15) is 31.9 Å². The highest BCUT2D eigenvalue weighted by Gasteiger charge is 2.27. The molecule has 0 bridgehead atoms. The van der Waals surface area contributed by atoms with Crippen molar-refractivity contribution < 1.29 is 28.6 Å². The molecule has 0 unspecified atom stereocenters. The summed E-state index contributed by atoms with van der Waals surface area (Å²) in [6.45, 7) is 5.49. The monoisotopic (exact) mass is 406 g/mol. The summed E-state index contributed by atoms with van der Waals surface area (Å²) in [5.74, 6) is -0.357. The SMILES string of the molecule is CCOC(=O)CCNC(=O)C1CCN(c2nc3nc(C)ccc3o2)CC1.O=CO. The summed E-state index contributed by atoms with van der Waals surface area (Å²) in [7, 11) is 0. The van der Waals surface area contributed by atoms with Crippen molar-refractivity contribution in [3.05, 3.63) is 17.8 Å². The van der Waals surface area contributed by atoms with Crippen LogP contribution in [0.25, 0.3) is 11.2 Å². The van der Waals surface area contributed by atoms with Crippen LogP contribution >= 0.6 is 0 Å². The van der Waals surface area contributed by atoms with Crippen LogP contribution in [0.4, 0.5) is 6.01 Å². The van der Waals surface area contributed by atoms with Crippen molar-refractivity contribution >= 4 is 35.6 Å². The number of esters is 1. The van der Waals surface area contributed by atoms with Gasteiger partial charge in [0.15, 0.2) is 5.58 Å². The number of hydrogen-bond acceptors (Lipinski definition) is 8. The van der Waals surface area contributed by atoms with Gasteiger partial charge in [0.1, 0.15) is 0 Å². The van der Waals surface area contributed by atoms with Gasteiger partial charge in [0.2, 0.25) is 11.6 Å². The number of anilines is 1. The quantitative estimate of drug-likeness (QED) is 0.540. The lowest BCUT2D eigenvalue weighted by Gasteiger charge is -2.30. The van der Waals surface area contributed by atoms with E-state index < -0.39 is 0 Å². The first-order valence-corrected chi connectivity index (χ1v) is 9.48. The summed E-state index contributed by atoms with van der Waals surface area (Å²) in [5, 5.41) is 9.71. The van der Waals surface area contributed by atoms with Crippen LogP contribution < -0.4 is 10.2 Å². The predicted octanol–water partition coefficient (Wildman–Crippen LogP) is 1.52. The Balaban J connectivity index is 0.000000941. The van der Waals surface area contributed by atoms with Gasteiger partial charge < -0.3 is 24.5 Å². The van der Waals surface area contributed by atoms with E-state index in [1.54, 1.807) is 6.92 Å². The van der Waals surface area contributed by atoms with E-state index in [-0.39, 0.29) is 30.7 Å². The summed E-state index contributed by atoms with van der Waals surface area (Å²) >= 11 is 0. The maximum absolute atomic E-state index is 12.2. The highest BCUT2D eigenvalue weighted by Crippen LogP contribution is 2.26. The highest BCUT2D eigenvalue weighted by molar-refractivity contribution is 5.79. The number of carbonyl (C=O) groups is 3. The Morgan fingerprint density at radius 1 is 1.34 bits per heavy atom. The molecule has 3 rings (SSSR count). The largest absolute Gasteiger partial charge is 0.483 e. The molecule has 3 heterocycles. The van der Waals surface area contributed by atoms with Crippen LogP contribution in [0.2, 0.25) is 0 Å². The molecule has 2 N–H and O–H groups in total. The first-order chi connectivity index (χ1) is 14.0. The molecule has 0 aromatic carbocycles. The van der Waals surface area contributed by atoms with Crippen molar-refractivity contribution in [1.82, 2.24) is 15.3 Å². The minimum atomic E-state index is -0.289. The van der Waals surface area contributed by atoms with Crippen LogP contribution in [-0.4, -0.2) is 59.7 Å². The minimum absolute atomic E-state index is 0.0104. The average molecular weight is 406 g/mol. The van der Waals surface area contributed by atoms with E-state index in [1.165, 1.54) is 0 Å². The molecule has 0 radical (unpaired) electrons. The number of amides is 1. The smallest absolute Gasteiger partial charge is 0.307 e. The first-order valence-electron chi connectivity index (χ1n) is 9.48. The van der Waals surface area contributed by atoms with Gasteiger partial charge >= 0.3 is 5.97 Å². The lowest BCUT2D eigenvalue weighted by atomic mass is 9.96. The fourth-order valence-electron chi connectivity index (χ4n) is 3.04. The zero-order valence-corrected chi connectivity index (χ0v) is 16.6. The molecule has 2 aromatic heterocycles. The van der Waals surface area contributed by atoms with E-state index >= 15 is 0 Å². The number of carbonyl (C=O) groups excluding carboxylic acids is 2. The van der Waals surface area contributed by atoms with Gasteiger partial charge in [-0.25, -0.2) is 4.98 Å². The normalized spacial score (nSPS) is 14.1. The molecule has 1 aliphatic rings. The molecule has 0 saturated carbocycles. The Morgan fingerprint density at radius 3 is 2.69 bits per heavy atom. The Hall–Kier alpha value is -3.17. The molecule has 2 aromatic rings. The standard InChI is InChI=1S/C18H24N4O4.CH2O2/c1-3-25-15(23)6-9-19-17(24)13-7-10-22(11-8-13)18-21-16-14(26-18)5-4-12(2)20-16;2-1-3/h4-5,13H,3,6-11H2,1-2H3,(H,19,24);1H,(H,2,3). The number of rotatable bonds is 6. The lowest BCUT2D eigenvalue weighted by Crippen LogP contribution is -2.41. The van der Waals surface area contributed by atoms with Gasteiger partial charge in [-0.05, 0) is 38.8 Å². The van der Waals surface area contributed by atoms with Crippen LogP contribution in [0, 0.1) is 12.8 Å². The second-order valence-corrected chi connectivity index (χ2v) is 6.48. The number of piperidine rings is 1. The van der Waals surface area contributed by atoms with E-state index in [9.17, 15) is 9.59 Å². The third kappa shape index (κ3) is 6.44. The van der Waals surface area contributed by atoms with Crippen molar-refractivity contribution in [3.63, 3.8) is 0 Å². The summed E-state index contributed by atoms with van der Waals surface area (Å²) in [6.07, 6.45) is 1.64. The zero-order chi connectivity index (χ0) is 21.2. The fourth-order valence-corrected chi connectivity index (χ4v) is 3.04. The molecule has 1 aliphatic heterocycles. The third-order valence-electron chi connectivity index (χ3n) is 4.45. The van der Waals surface area contributed by atoms with Gasteiger partial charge in [-0.15, -0.1) is 0 Å². The van der Waals surface area contributed by atoms with Crippen molar-refractivity contribution in [2.45, 2.75) is 33.1 Å². The van der Waals surface area contributed by atoms with E-state index in [0.29, 0.717) is 43.5 Å². The number of carboxylic acid groups (broad SMARTS) is 1. The molecule has 0 aliphatic carbocycles. The van der Waals surface area contributed by atoms with E-state index in [4.69, 9.17) is 19.1 Å². The second-order valence-electron chi connectivity index (χ2n) is 6.48. The van der Waals surface area contributed by atoms with Gasteiger partial charge in [-0.3, -0.25) is 14.4 Å². The third-order valence-corrected chi connectivity index (χ3v) is 4.45. The van der Waals surface area contributed by atoms with Crippen molar-refractivity contribution in [3.8, 4) is 0 Å². The number of ether oxygens (including phenoxy) is 1. The molecule has 10 nitrogen and oxygen atoms in total. The molecule has 1 fully saturated rings. The van der Waals surface area contributed by atoms with Crippen LogP contribution in [0.5, 0.6) is 0 Å². The Kier molecular flexibility index (Phi) is 8.38. The molecule has 158 valence electrons. The second kappa shape index (κ2) is 11.0. The summed E-state index contributed by atoms with van der Waals surface area (Å²) < 4.78 is 10.6. The first kappa shape index (κ1) is 22.1. The number of hydrogen-bond donors (Lipinski definition) is 2. The van der Waals surface area contributed by atoms with Crippen LogP contribution in [-0.2, 0) is 19.1 Å². The minimum Gasteiger partial charge on any atom is -0.483 e. The molecule has 29 heavy (non-hydrogen) atoms. The number of nitrogens with one attached hydrogen (secondary N) is 1. The van der Waals surface area contributed by atoms with E-state index in [2.05, 4.69) is 15.3 Å². The number of fused-ring (bicyclic) bond motifs is 1. The Bertz CT molecular complexity index is 829. The molecule has 10 heteroatoms. The molecule has 0 atom stereocenters. The number of oxazole rings is 1. The topological polar surface area (TPSA) is 135 Å². The molecule has 0 spiro atoms. The van der Waals surface area contributed by atoms with Gasteiger partial charge in [0.05, 0.1) is 13.0 Å². The summed E-state index contributed by atoms with van der Waals surface area (Å²) in [5.41, 5.74) is 2.18. The summed E-state index contributed by atoms with van der Waals surface area (Å²) in [4.78, 5) is 42.7. The van der Waals surface area contributed by atoms with Crippen molar-refractivity contribution in [2.75, 3.05) is 31.1 Å². The molecular weight excluding hydrogens is 380 g/mol. The van der Waals surface area contributed by atoms with Gasteiger partial charge in [-0.2, -0.15) is 4.98 Å². The Morgan fingerprint density at radius 2 is 2.03 bits per heavy atom. The van der Waals surface area contributed by atoms with Crippen LogP contribution in [0.3, 0.4) is 0 Å². The van der Waals surface area contributed by atoms with Crippen molar-refractivity contribution in [2.24, 2.45) is 5.92 Å². The Labute approximate surface area is 168 Å². The summed E-state index contributed by atoms with van der Waals surface area (Å²) in [6, 6.07) is 4.32. The van der Waals surface area contributed by atoms with E-state index in [0.717, 1.165) is 18.5 Å². The van der Waals surface area contributed by atoms with E-state index in [1.807, 2.05) is 24.0 Å².